The maximum atomic E-state index is 8.73. The molecule has 1 aliphatic rings. The van der Waals surface area contributed by atoms with Gasteiger partial charge in [-0.05, 0) is 26.2 Å². The van der Waals surface area contributed by atoms with Gasteiger partial charge < -0.3 is 4.90 Å². The third-order valence-corrected chi connectivity index (χ3v) is 2.37. The van der Waals surface area contributed by atoms with Crippen molar-refractivity contribution in [3.05, 3.63) is 11.3 Å². The predicted molar refractivity (Wildman–Crippen MR) is 49.4 cm³/mol. The zero-order chi connectivity index (χ0) is 9.68. The summed E-state index contributed by atoms with van der Waals surface area (Å²) in [5.41, 5.74) is 1.24. The van der Waals surface area contributed by atoms with E-state index in [0.717, 1.165) is 31.6 Å². The van der Waals surface area contributed by atoms with Crippen LogP contribution in [0.25, 0.3) is 0 Å². The van der Waals surface area contributed by atoms with Gasteiger partial charge in [-0.3, -0.25) is 0 Å². The Hall–Kier alpha value is -1.48. The molecule has 0 aromatic carbocycles. The average molecular weight is 175 g/mol. The van der Waals surface area contributed by atoms with E-state index in [1.54, 1.807) is 0 Å². The molecule has 0 spiro atoms. The minimum Gasteiger partial charge on any atom is -0.373 e. The van der Waals surface area contributed by atoms with Crippen LogP contribution in [0.5, 0.6) is 0 Å². The molecule has 3 heteroatoms. The Morgan fingerprint density at radius 2 is 2.08 bits per heavy atom. The summed E-state index contributed by atoms with van der Waals surface area (Å²) in [5, 5.41) is 17.5. The average Bonchev–Trinajstić information content (AvgIpc) is 2.20. The highest BCUT2D eigenvalue weighted by Crippen LogP contribution is 2.22. The fourth-order valence-corrected chi connectivity index (χ4v) is 1.67. The van der Waals surface area contributed by atoms with Crippen molar-refractivity contribution in [2.75, 3.05) is 13.1 Å². The van der Waals surface area contributed by atoms with Crippen LogP contribution in [0, 0.1) is 22.7 Å². The van der Waals surface area contributed by atoms with Gasteiger partial charge in [-0.25, -0.2) is 0 Å². The van der Waals surface area contributed by atoms with Crippen LogP contribution in [-0.4, -0.2) is 18.0 Å². The summed E-state index contributed by atoms with van der Waals surface area (Å²) < 4.78 is 0. The van der Waals surface area contributed by atoms with Crippen molar-refractivity contribution in [1.82, 2.24) is 4.90 Å². The van der Waals surface area contributed by atoms with Crippen LogP contribution in [0.15, 0.2) is 11.3 Å². The first-order chi connectivity index (χ1) is 6.33. The van der Waals surface area contributed by atoms with Gasteiger partial charge in [0.25, 0.3) is 0 Å². The van der Waals surface area contributed by atoms with Crippen LogP contribution < -0.4 is 0 Å². The van der Waals surface area contributed by atoms with Crippen molar-refractivity contribution >= 4 is 0 Å². The molecular formula is C10H13N3. The van der Waals surface area contributed by atoms with E-state index in [0.29, 0.717) is 5.57 Å². The molecule has 13 heavy (non-hydrogen) atoms. The molecule has 1 heterocycles. The second kappa shape index (κ2) is 4.52. The minimum absolute atomic E-state index is 0.293. The molecule has 1 aliphatic heterocycles. The van der Waals surface area contributed by atoms with Crippen LogP contribution >= 0.6 is 0 Å². The second-order valence-corrected chi connectivity index (χ2v) is 3.08. The number of piperidine rings is 1. The van der Waals surface area contributed by atoms with Crippen molar-refractivity contribution < 1.29 is 0 Å². The number of likely N-dealkylation sites (tertiary alicyclic amines) is 1. The van der Waals surface area contributed by atoms with E-state index in [-0.39, 0.29) is 0 Å². The molecule has 0 aliphatic carbocycles. The minimum atomic E-state index is 0.293. The van der Waals surface area contributed by atoms with Gasteiger partial charge in [0.15, 0.2) is 0 Å². The standard InChI is InChI=1S/C10H13N3/c1-2-13-6-4-3-5-10(13)9(7-11)8-12/h2-6H2,1H3. The molecule has 1 saturated heterocycles. The number of allylic oxidation sites excluding steroid dienone is 2. The highest BCUT2D eigenvalue weighted by Gasteiger charge is 2.17. The first kappa shape index (κ1) is 9.61. The lowest BCUT2D eigenvalue weighted by atomic mass is 10.0. The molecule has 0 aromatic heterocycles. The summed E-state index contributed by atoms with van der Waals surface area (Å²) in [5.74, 6) is 0. The lowest BCUT2D eigenvalue weighted by Gasteiger charge is -2.30. The van der Waals surface area contributed by atoms with Crippen molar-refractivity contribution in [3.8, 4) is 12.1 Å². The first-order valence-corrected chi connectivity index (χ1v) is 4.61. The van der Waals surface area contributed by atoms with E-state index in [1.165, 1.54) is 6.42 Å². The van der Waals surface area contributed by atoms with Crippen molar-refractivity contribution in [3.63, 3.8) is 0 Å². The molecule has 3 nitrogen and oxygen atoms in total. The van der Waals surface area contributed by atoms with E-state index in [2.05, 4.69) is 11.8 Å². The van der Waals surface area contributed by atoms with Gasteiger partial charge in [0, 0.05) is 18.8 Å². The van der Waals surface area contributed by atoms with Crippen LogP contribution in [-0.2, 0) is 0 Å². The smallest absolute Gasteiger partial charge is 0.148 e. The van der Waals surface area contributed by atoms with Crippen molar-refractivity contribution in [2.45, 2.75) is 26.2 Å². The molecule has 1 fully saturated rings. The Labute approximate surface area is 78.9 Å². The lowest BCUT2D eigenvalue weighted by Crippen LogP contribution is -2.28. The van der Waals surface area contributed by atoms with E-state index >= 15 is 0 Å². The number of hydrogen-bond donors (Lipinski definition) is 0. The van der Waals surface area contributed by atoms with Gasteiger partial charge in [0.05, 0.1) is 0 Å². The predicted octanol–water partition coefficient (Wildman–Crippen LogP) is 1.79. The number of hydrogen-bond acceptors (Lipinski definition) is 3. The topological polar surface area (TPSA) is 50.8 Å². The van der Waals surface area contributed by atoms with Crippen molar-refractivity contribution in [2.24, 2.45) is 0 Å². The number of nitriles is 2. The molecule has 0 radical (unpaired) electrons. The Balaban J connectivity index is 2.93. The summed E-state index contributed by atoms with van der Waals surface area (Å²) in [6.45, 7) is 3.93. The monoisotopic (exact) mass is 175 g/mol. The third-order valence-electron chi connectivity index (χ3n) is 2.37. The van der Waals surface area contributed by atoms with Gasteiger partial charge in [-0.15, -0.1) is 0 Å². The van der Waals surface area contributed by atoms with Crippen LogP contribution in [0.2, 0.25) is 0 Å². The Kier molecular flexibility index (Phi) is 3.34. The zero-order valence-electron chi connectivity index (χ0n) is 7.88. The van der Waals surface area contributed by atoms with E-state index in [1.807, 2.05) is 12.1 Å². The van der Waals surface area contributed by atoms with E-state index in [4.69, 9.17) is 10.5 Å². The zero-order valence-corrected chi connectivity index (χ0v) is 7.88. The molecule has 0 amide bonds. The molecular weight excluding hydrogens is 162 g/mol. The van der Waals surface area contributed by atoms with Gasteiger partial charge in [-0.2, -0.15) is 10.5 Å². The normalized spacial score (nSPS) is 16.2. The Morgan fingerprint density at radius 1 is 1.38 bits per heavy atom. The molecule has 0 bridgehead atoms. The third kappa shape index (κ3) is 2.00. The van der Waals surface area contributed by atoms with Gasteiger partial charge in [-0.1, -0.05) is 0 Å². The summed E-state index contributed by atoms with van der Waals surface area (Å²) in [6, 6.07) is 3.93. The number of nitrogens with zero attached hydrogens (tertiary/aromatic N) is 3. The molecule has 68 valence electrons. The summed E-state index contributed by atoms with van der Waals surface area (Å²) in [4.78, 5) is 2.13. The summed E-state index contributed by atoms with van der Waals surface area (Å²) >= 11 is 0. The van der Waals surface area contributed by atoms with Crippen molar-refractivity contribution in [1.29, 1.82) is 10.5 Å². The van der Waals surface area contributed by atoms with Crippen LogP contribution in [0.1, 0.15) is 26.2 Å². The molecule has 0 saturated carbocycles. The highest BCUT2D eigenvalue weighted by molar-refractivity contribution is 5.40. The van der Waals surface area contributed by atoms with E-state index < -0.39 is 0 Å². The van der Waals surface area contributed by atoms with Gasteiger partial charge in [0.2, 0.25) is 0 Å². The van der Waals surface area contributed by atoms with Gasteiger partial charge >= 0.3 is 0 Å². The first-order valence-electron chi connectivity index (χ1n) is 4.61. The fraction of sp³-hybridized carbons (Fsp3) is 0.600. The summed E-state index contributed by atoms with van der Waals surface area (Å²) in [7, 11) is 0. The maximum Gasteiger partial charge on any atom is 0.148 e. The number of rotatable bonds is 1. The molecule has 0 unspecified atom stereocenters. The molecule has 0 aromatic rings. The SMILES string of the molecule is CCN1CCCCC1=C(C#N)C#N. The van der Waals surface area contributed by atoms with Gasteiger partial charge in [0.1, 0.15) is 17.7 Å². The maximum absolute atomic E-state index is 8.73. The molecule has 0 N–H and O–H groups in total. The molecule has 0 atom stereocenters. The van der Waals surface area contributed by atoms with Crippen LogP contribution in [0.3, 0.4) is 0 Å². The molecule has 1 rings (SSSR count). The quantitative estimate of drug-likeness (QED) is 0.571. The lowest BCUT2D eigenvalue weighted by molar-refractivity contribution is 0.302. The highest BCUT2D eigenvalue weighted by atomic mass is 15.1. The van der Waals surface area contributed by atoms with Crippen LogP contribution in [0.4, 0.5) is 0 Å². The Bertz CT molecular complexity index is 274. The Morgan fingerprint density at radius 3 is 2.62 bits per heavy atom. The largest absolute Gasteiger partial charge is 0.373 e. The van der Waals surface area contributed by atoms with E-state index in [9.17, 15) is 0 Å². The fourth-order valence-electron chi connectivity index (χ4n) is 1.67. The second-order valence-electron chi connectivity index (χ2n) is 3.08. The summed E-state index contributed by atoms with van der Waals surface area (Å²) in [6.07, 6.45) is 3.14.